The second-order valence-corrected chi connectivity index (χ2v) is 12.3. The molecule has 38 heavy (non-hydrogen) atoms. The molecule has 2 unspecified atom stereocenters. The van der Waals surface area contributed by atoms with E-state index >= 15 is 0 Å². The average molecular weight is 554 g/mol. The maximum Gasteiger partial charge on any atom is 0.354 e. The molecule has 2 saturated carbocycles. The van der Waals surface area contributed by atoms with Crippen LogP contribution in [0.25, 0.3) is 11.3 Å². The van der Waals surface area contributed by atoms with Crippen molar-refractivity contribution in [2.45, 2.75) is 82.1 Å². The first-order chi connectivity index (χ1) is 18.4. The number of hydrogen-bond donors (Lipinski definition) is 1. The number of aromatic nitrogens is 2. The quantitative estimate of drug-likeness (QED) is 0.333. The third kappa shape index (κ3) is 4.19. The lowest BCUT2D eigenvalue weighted by Gasteiger charge is -2.55. The summed E-state index contributed by atoms with van der Waals surface area (Å²) in [6.45, 7) is 0.445. The molecule has 2 aliphatic carbocycles. The first-order valence-corrected chi connectivity index (χ1v) is 14.2. The summed E-state index contributed by atoms with van der Waals surface area (Å²) in [5, 5.41) is 14.9. The lowest BCUT2D eigenvalue weighted by Crippen LogP contribution is -2.54. The van der Waals surface area contributed by atoms with Gasteiger partial charge in [0.15, 0.2) is 0 Å². The van der Waals surface area contributed by atoms with Gasteiger partial charge in [0, 0.05) is 41.0 Å². The molecule has 198 valence electrons. The van der Waals surface area contributed by atoms with E-state index in [1.54, 1.807) is 12.3 Å². The molecule has 7 rings (SSSR count). The van der Waals surface area contributed by atoms with Crippen LogP contribution in [0, 0.1) is 5.41 Å². The van der Waals surface area contributed by atoms with E-state index in [1.807, 2.05) is 24.3 Å². The Bertz CT molecular complexity index is 1360. The number of anilines is 1. The first-order valence-electron chi connectivity index (χ1n) is 13.4. The average Bonchev–Trinajstić information content (AvgIpc) is 3.58. The van der Waals surface area contributed by atoms with Crippen molar-refractivity contribution in [2.75, 3.05) is 4.90 Å². The number of carboxylic acids is 1. The molecule has 0 radical (unpaired) electrons. The Labute approximate surface area is 231 Å². The number of rotatable bonds is 7. The van der Waals surface area contributed by atoms with E-state index in [1.165, 1.54) is 0 Å². The maximum atomic E-state index is 11.4. The maximum absolute atomic E-state index is 11.4. The second-order valence-electron chi connectivity index (χ2n) is 11.5. The second kappa shape index (κ2) is 9.25. The number of fused-ring (bicyclic) bond motifs is 2. The standard InChI is InChI=1S/C29H29Cl2N3O4/c30-22-2-1-3-23(31)25(22)26-21(27(38-33-26)16-4-5-16)15-37-20-13-29(14-20)11-18-6-7-19(12-29)34(18)17-8-9-32-24(10-17)28(35)36/h1-3,8-10,16,18-20H,4-7,11-15H2,(H,35,36). The number of piperidine rings is 1. The Morgan fingerprint density at radius 2 is 1.79 bits per heavy atom. The van der Waals surface area contributed by atoms with Crippen molar-refractivity contribution in [3.8, 4) is 11.3 Å². The third-order valence-electron chi connectivity index (χ3n) is 8.97. The van der Waals surface area contributed by atoms with Crippen LogP contribution in [-0.4, -0.2) is 39.4 Å². The summed E-state index contributed by atoms with van der Waals surface area (Å²) in [5.41, 5.74) is 3.78. The third-order valence-corrected chi connectivity index (χ3v) is 9.60. The zero-order chi connectivity index (χ0) is 26.0. The number of hydrogen-bond acceptors (Lipinski definition) is 6. The number of benzene rings is 1. The Balaban J connectivity index is 1.04. The van der Waals surface area contributed by atoms with Crippen LogP contribution in [0.3, 0.4) is 0 Å². The number of nitrogens with zero attached hydrogens (tertiary/aromatic N) is 3. The Morgan fingerprint density at radius 1 is 1.08 bits per heavy atom. The van der Waals surface area contributed by atoms with Crippen molar-refractivity contribution in [2.24, 2.45) is 5.41 Å². The van der Waals surface area contributed by atoms with Crippen LogP contribution < -0.4 is 4.90 Å². The first kappa shape index (κ1) is 24.4. The molecule has 2 bridgehead atoms. The lowest BCUT2D eigenvalue weighted by atomic mass is 9.59. The molecule has 2 atom stereocenters. The van der Waals surface area contributed by atoms with Crippen molar-refractivity contribution < 1.29 is 19.2 Å². The number of halogens is 2. The van der Waals surface area contributed by atoms with Gasteiger partial charge in [-0.2, -0.15) is 0 Å². The summed E-state index contributed by atoms with van der Waals surface area (Å²) in [5.74, 6) is 0.331. The van der Waals surface area contributed by atoms with E-state index in [4.69, 9.17) is 32.5 Å². The topological polar surface area (TPSA) is 88.7 Å². The van der Waals surface area contributed by atoms with Crippen molar-refractivity contribution in [3.63, 3.8) is 0 Å². The summed E-state index contributed by atoms with van der Waals surface area (Å²) in [6.07, 6.45) is 10.7. The van der Waals surface area contributed by atoms with Gasteiger partial charge in [0.1, 0.15) is 17.1 Å². The summed E-state index contributed by atoms with van der Waals surface area (Å²) in [7, 11) is 0. The van der Waals surface area contributed by atoms with Gasteiger partial charge in [0.05, 0.1) is 22.8 Å². The fourth-order valence-corrected chi connectivity index (χ4v) is 7.75. The van der Waals surface area contributed by atoms with Crippen LogP contribution in [0.1, 0.15) is 79.1 Å². The van der Waals surface area contributed by atoms with E-state index in [0.29, 0.717) is 51.3 Å². The van der Waals surface area contributed by atoms with E-state index in [9.17, 15) is 9.90 Å². The highest BCUT2D eigenvalue weighted by atomic mass is 35.5. The number of carbonyl (C=O) groups is 1. The normalized spacial score (nSPS) is 28.1. The van der Waals surface area contributed by atoms with Gasteiger partial charge < -0.3 is 19.3 Å². The molecule has 4 heterocycles. The van der Waals surface area contributed by atoms with Gasteiger partial charge in [-0.25, -0.2) is 9.78 Å². The van der Waals surface area contributed by atoms with Gasteiger partial charge in [-0.05, 0) is 81.0 Å². The van der Waals surface area contributed by atoms with Crippen LogP contribution in [0.15, 0.2) is 41.1 Å². The summed E-state index contributed by atoms with van der Waals surface area (Å²) >= 11 is 13.0. The minimum Gasteiger partial charge on any atom is -0.477 e. The van der Waals surface area contributed by atoms with Crippen LogP contribution in [0.4, 0.5) is 5.69 Å². The van der Waals surface area contributed by atoms with E-state index in [2.05, 4.69) is 15.0 Å². The summed E-state index contributed by atoms with van der Waals surface area (Å²) in [4.78, 5) is 17.9. The van der Waals surface area contributed by atoms with Gasteiger partial charge in [-0.3, -0.25) is 0 Å². The molecule has 2 saturated heterocycles. The number of aromatic carboxylic acids is 1. The summed E-state index contributed by atoms with van der Waals surface area (Å²) in [6, 6.07) is 10.0. The largest absolute Gasteiger partial charge is 0.477 e. The number of pyridine rings is 1. The van der Waals surface area contributed by atoms with Gasteiger partial charge in [-0.1, -0.05) is 34.4 Å². The van der Waals surface area contributed by atoms with Gasteiger partial charge in [0.2, 0.25) is 0 Å². The SMILES string of the molecule is O=C(O)c1cc(N2C3CCC2CC2(CC(OCc4c(-c5c(Cl)cccc5Cl)noc4C4CC4)C2)C3)ccn1. The van der Waals surface area contributed by atoms with Crippen LogP contribution in [-0.2, 0) is 11.3 Å². The van der Waals surface area contributed by atoms with Crippen molar-refractivity contribution in [1.29, 1.82) is 0 Å². The molecule has 2 aliphatic heterocycles. The Morgan fingerprint density at radius 3 is 2.45 bits per heavy atom. The molecule has 0 amide bonds. The predicted octanol–water partition coefficient (Wildman–Crippen LogP) is 7.12. The zero-order valence-electron chi connectivity index (χ0n) is 20.9. The fourth-order valence-electron chi connectivity index (χ4n) is 7.17. The fraction of sp³-hybridized carbons (Fsp3) is 0.483. The van der Waals surface area contributed by atoms with E-state index in [0.717, 1.165) is 68.4 Å². The van der Waals surface area contributed by atoms with Crippen LogP contribution >= 0.6 is 23.2 Å². The number of ether oxygens (including phenoxy) is 1. The summed E-state index contributed by atoms with van der Waals surface area (Å²) < 4.78 is 12.3. The molecule has 7 nitrogen and oxygen atoms in total. The minimum absolute atomic E-state index is 0.107. The predicted molar refractivity (Wildman–Crippen MR) is 144 cm³/mol. The van der Waals surface area contributed by atoms with Crippen LogP contribution in [0.5, 0.6) is 0 Å². The van der Waals surface area contributed by atoms with Crippen LogP contribution in [0.2, 0.25) is 10.0 Å². The van der Waals surface area contributed by atoms with Gasteiger partial charge >= 0.3 is 5.97 Å². The molecule has 2 aromatic heterocycles. The molecule has 1 N–H and O–H groups in total. The smallest absolute Gasteiger partial charge is 0.354 e. The number of carboxylic acid groups (broad SMARTS) is 1. The molecule has 1 spiro atoms. The molecule has 3 aromatic rings. The van der Waals surface area contributed by atoms with Crippen molar-refractivity contribution in [3.05, 3.63) is 63.6 Å². The molecule has 4 fully saturated rings. The Hall–Kier alpha value is -2.61. The molecule has 9 heteroatoms. The minimum atomic E-state index is -0.982. The molecular formula is C29H29Cl2N3O4. The van der Waals surface area contributed by atoms with Crippen molar-refractivity contribution in [1.82, 2.24) is 10.1 Å². The van der Waals surface area contributed by atoms with Gasteiger partial charge in [0.25, 0.3) is 0 Å². The lowest BCUT2D eigenvalue weighted by molar-refractivity contribution is -0.103. The monoisotopic (exact) mass is 553 g/mol. The zero-order valence-corrected chi connectivity index (χ0v) is 22.4. The molecular weight excluding hydrogens is 525 g/mol. The van der Waals surface area contributed by atoms with E-state index < -0.39 is 5.97 Å². The van der Waals surface area contributed by atoms with Crippen molar-refractivity contribution >= 4 is 34.9 Å². The van der Waals surface area contributed by atoms with Gasteiger partial charge in [-0.15, -0.1) is 0 Å². The molecule has 4 aliphatic rings. The highest BCUT2D eigenvalue weighted by Gasteiger charge is 2.54. The highest BCUT2D eigenvalue weighted by molar-refractivity contribution is 6.39. The Kier molecular flexibility index (Phi) is 5.95. The highest BCUT2D eigenvalue weighted by Crippen LogP contribution is 2.58. The van der Waals surface area contributed by atoms with E-state index in [-0.39, 0.29) is 11.8 Å². The molecule has 1 aromatic carbocycles.